The van der Waals surface area contributed by atoms with Crippen molar-refractivity contribution in [1.82, 2.24) is 5.16 Å². The van der Waals surface area contributed by atoms with E-state index < -0.39 is 6.36 Å². The lowest BCUT2D eigenvalue weighted by Crippen LogP contribution is -2.17. The van der Waals surface area contributed by atoms with Gasteiger partial charge >= 0.3 is 6.36 Å². The van der Waals surface area contributed by atoms with E-state index in [-0.39, 0.29) is 24.9 Å². The Morgan fingerprint density at radius 3 is 2.60 bits per heavy atom. The van der Waals surface area contributed by atoms with Gasteiger partial charge < -0.3 is 15.0 Å². The monoisotopic (exact) mass is 302 g/mol. The molecule has 1 aliphatic rings. The van der Waals surface area contributed by atoms with Crippen molar-refractivity contribution in [1.29, 1.82) is 0 Å². The first-order valence-electron chi connectivity index (χ1n) is 5.81. The van der Waals surface area contributed by atoms with E-state index in [1.807, 2.05) is 0 Å². The van der Waals surface area contributed by atoms with Gasteiger partial charge in [0.25, 0.3) is 0 Å². The van der Waals surface area contributed by atoms with Crippen molar-refractivity contribution in [3.05, 3.63) is 24.3 Å². The predicted octanol–water partition coefficient (Wildman–Crippen LogP) is 2.94. The highest BCUT2D eigenvalue weighted by atomic mass is 31.1. The fraction of sp³-hybridized carbons (Fsp3) is 0.250. The smallest absolute Gasteiger partial charge is 0.405 e. The largest absolute Gasteiger partial charge is 0.573 e. The highest BCUT2D eigenvalue weighted by Gasteiger charge is 2.34. The van der Waals surface area contributed by atoms with Gasteiger partial charge in [0, 0.05) is 5.56 Å². The fourth-order valence-electron chi connectivity index (χ4n) is 1.84. The molecule has 0 saturated carbocycles. The molecule has 2 aromatic rings. The summed E-state index contributed by atoms with van der Waals surface area (Å²) in [6.45, 7) is 0. The Labute approximate surface area is 113 Å². The predicted molar refractivity (Wildman–Crippen MR) is 69.3 cm³/mol. The van der Waals surface area contributed by atoms with Crippen molar-refractivity contribution in [2.45, 2.75) is 6.36 Å². The van der Waals surface area contributed by atoms with Crippen molar-refractivity contribution in [3.63, 3.8) is 0 Å². The summed E-state index contributed by atoms with van der Waals surface area (Å²) in [6, 6.07) is 5.74. The van der Waals surface area contributed by atoms with E-state index in [1.54, 1.807) is 6.07 Å². The number of ether oxygens (including phenoxy) is 1. The van der Waals surface area contributed by atoms with Gasteiger partial charge in [0.2, 0.25) is 0 Å². The molecule has 0 unspecified atom stereocenters. The summed E-state index contributed by atoms with van der Waals surface area (Å²) in [7, 11) is -0.390. The average Bonchev–Trinajstić information content (AvgIpc) is 3.13. The minimum absolute atomic E-state index is 0.175. The molecule has 1 aliphatic heterocycles. The molecule has 0 bridgehead atoms. The molecule has 4 nitrogen and oxygen atoms in total. The number of para-hydroxylation sites is 1. The van der Waals surface area contributed by atoms with Crippen molar-refractivity contribution < 1.29 is 22.4 Å². The second-order valence-corrected chi connectivity index (χ2v) is 6.66. The number of hydrogen-bond acceptors (Lipinski definition) is 4. The number of anilines is 1. The Balaban J connectivity index is 2.01. The van der Waals surface area contributed by atoms with Crippen LogP contribution in [-0.2, 0) is 0 Å². The Morgan fingerprint density at radius 2 is 1.95 bits per heavy atom. The van der Waals surface area contributed by atoms with Crippen molar-refractivity contribution in [2.24, 2.45) is 0 Å². The van der Waals surface area contributed by atoms with E-state index in [0.29, 0.717) is 11.2 Å². The summed E-state index contributed by atoms with van der Waals surface area (Å²) >= 11 is 0. The number of benzene rings is 1. The van der Waals surface area contributed by atoms with E-state index in [2.05, 4.69) is 9.89 Å². The van der Waals surface area contributed by atoms with Gasteiger partial charge in [-0.3, -0.25) is 0 Å². The van der Waals surface area contributed by atoms with Crippen LogP contribution in [0.4, 0.5) is 18.9 Å². The molecule has 106 valence electrons. The summed E-state index contributed by atoms with van der Waals surface area (Å²) in [5.41, 5.74) is 7.23. The molecular weight excluding hydrogens is 292 g/mol. The first kappa shape index (κ1) is 13.2. The van der Waals surface area contributed by atoms with Gasteiger partial charge in [0.15, 0.2) is 5.50 Å². The number of nitrogens with two attached hydrogens (primary N) is 1. The van der Waals surface area contributed by atoms with Crippen LogP contribution < -0.4 is 16.0 Å². The van der Waals surface area contributed by atoms with E-state index >= 15 is 0 Å². The summed E-state index contributed by atoms with van der Waals surface area (Å²) in [4.78, 5) is 0. The number of alkyl halides is 3. The van der Waals surface area contributed by atoms with Crippen LogP contribution >= 0.6 is 7.92 Å². The summed E-state index contributed by atoms with van der Waals surface area (Å²) in [5, 5.41) is 3.81. The van der Waals surface area contributed by atoms with Crippen LogP contribution in [0.5, 0.6) is 5.75 Å². The molecule has 0 radical (unpaired) electrons. The molecule has 2 N–H and O–H groups in total. The third-order valence-corrected chi connectivity index (χ3v) is 4.60. The van der Waals surface area contributed by atoms with Crippen molar-refractivity contribution in [3.8, 4) is 17.0 Å². The van der Waals surface area contributed by atoms with Gasteiger partial charge in [0.1, 0.15) is 17.1 Å². The molecule has 0 atom stereocenters. The van der Waals surface area contributed by atoms with E-state index in [1.165, 1.54) is 18.2 Å². The van der Waals surface area contributed by atoms with Gasteiger partial charge in [-0.15, -0.1) is 13.2 Å². The zero-order chi connectivity index (χ0) is 14.3. The molecule has 1 aromatic heterocycles. The lowest BCUT2D eigenvalue weighted by atomic mass is 10.1. The second kappa shape index (κ2) is 4.66. The minimum Gasteiger partial charge on any atom is -0.405 e. The number of nitrogens with zero attached hydrogens (tertiary/aromatic N) is 1. The molecular formula is C12H10F3N2O2P. The Morgan fingerprint density at radius 1 is 1.25 bits per heavy atom. The van der Waals surface area contributed by atoms with Gasteiger partial charge in [0.05, 0.1) is 0 Å². The molecule has 1 saturated heterocycles. The number of rotatable bonds is 3. The molecule has 20 heavy (non-hydrogen) atoms. The molecule has 0 aliphatic carbocycles. The van der Waals surface area contributed by atoms with Crippen LogP contribution in [0, 0.1) is 0 Å². The van der Waals surface area contributed by atoms with Crippen LogP contribution in [0.3, 0.4) is 0 Å². The number of aromatic nitrogens is 1. The fourth-order valence-corrected chi connectivity index (χ4v) is 3.25. The Kier molecular flexibility index (Phi) is 3.09. The maximum absolute atomic E-state index is 12.4. The lowest BCUT2D eigenvalue weighted by molar-refractivity contribution is -0.274. The zero-order valence-electron chi connectivity index (χ0n) is 10.1. The highest BCUT2D eigenvalue weighted by Crippen LogP contribution is 2.51. The topological polar surface area (TPSA) is 61.3 Å². The first-order valence-corrected chi connectivity index (χ1v) is 7.52. The van der Waals surface area contributed by atoms with Crippen LogP contribution in [0.15, 0.2) is 28.8 Å². The summed E-state index contributed by atoms with van der Waals surface area (Å²) in [6.07, 6.45) is -2.72. The quantitative estimate of drug-likeness (QED) is 0.886. The van der Waals surface area contributed by atoms with E-state index in [0.717, 1.165) is 12.3 Å². The van der Waals surface area contributed by atoms with Crippen LogP contribution in [0.2, 0.25) is 0 Å². The average molecular weight is 302 g/mol. The van der Waals surface area contributed by atoms with Crippen molar-refractivity contribution in [2.75, 3.05) is 18.1 Å². The first-order chi connectivity index (χ1) is 9.46. The van der Waals surface area contributed by atoms with Gasteiger partial charge in [-0.1, -0.05) is 17.3 Å². The van der Waals surface area contributed by atoms with Crippen LogP contribution in [0.1, 0.15) is 0 Å². The molecule has 3 rings (SSSR count). The number of nitrogen functional groups attached to an aromatic ring is 1. The molecule has 0 amide bonds. The Hall–Kier alpha value is -1.75. The highest BCUT2D eigenvalue weighted by molar-refractivity contribution is 7.72. The number of hydrogen-bond donors (Lipinski definition) is 1. The minimum atomic E-state index is -4.77. The van der Waals surface area contributed by atoms with E-state index in [4.69, 9.17) is 10.3 Å². The zero-order valence-corrected chi connectivity index (χ0v) is 11.0. The van der Waals surface area contributed by atoms with E-state index in [9.17, 15) is 13.2 Å². The van der Waals surface area contributed by atoms with Gasteiger partial charge in [-0.25, -0.2) is 0 Å². The maximum atomic E-state index is 12.4. The molecule has 1 fully saturated rings. The third-order valence-electron chi connectivity index (χ3n) is 2.81. The van der Waals surface area contributed by atoms with Crippen molar-refractivity contribution >= 4 is 19.1 Å². The molecule has 1 aromatic carbocycles. The standard InChI is InChI=1S/C12H10F3N2O2P/c13-12(14,15)18-8-4-2-1-3-7(8)10-9(16)11(19-17-10)20-5-6-20/h1-4H,5-6,16H2. The molecule has 0 spiro atoms. The summed E-state index contributed by atoms with van der Waals surface area (Å²) < 4.78 is 46.3. The SMILES string of the molecule is Nc1c(-c2ccccc2OC(F)(F)F)noc1P1CC1. The number of halogens is 3. The molecule has 2 heterocycles. The van der Waals surface area contributed by atoms with Gasteiger partial charge in [-0.05, 0) is 32.4 Å². The van der Waals surface area contributed by atoms with Crippen LogP contribution in [-0.4, -0.2) is 23.8 Å². The lowest BCUT2D eigenvalue weighted by Gasteiger charge is -2.11. The maximum Gasteiger partial charge on any atom is 0.573 e. The summed E-state index contributed by atoms with van der Waals surface area (Å²) in [5.74, 6) is -0.338. The third kappa shape index (κ3) is 2.58. The van der Waals surface area contributed by atoms with Crippen LogP contribution in [0.25, 0.3) is 11.3 Å². The normalized spacial score (nSPS) is 15.3. The second-order valence-electron chi connectivity index (χ2n) is 4.28. The molecule has 8 heteroatoms. The van der Waals surface area contributed by atoms with Gasteiger partial charge in [-0.2, -0.15) is 0 Å². The Bertz CT molecular complexity index is 638.